The van der Waals surface area contributed by atoms with Crippen LogP contribution >= 0.6 is 0 Å². The maximum Gasteiger partial charge on any atom is 0.161 e. The summed E-state index contributed by atoms with van der Waals surface area (Å²) in [6, 6.07) is 17.6. The molecule has 9 nitrogen and oxygen atoms in total. The summed E-state index contributed by atoms with van der Waals surface area (Å²) >= 11 is 0. The number of imidazole rings is 1. The van der Waals surface area contributed by atoms with Gasteiger partial charge < -0.3 is 28.9 Å². The maximum atomic E-state index is 11.1. The van der Waals surface area contributed by atoms with Crippen molar-refractivity contribution in [3.63, 3.8) is 0 Å². The van der Waals surface area contributed by atoms with Gasteiger partial charge in [0.05, 0.1) is 36.1 Å². The number of aromatic carboxylic acids is 1. The first-order valence-corrected chi connectivity index (χ1v) is 11.2. The van der Waals surface area contributed by atoms with Crippen LogP contribution in [0.5, 0.6) is 11.5 Å². The molecule has 0 saturated carbocycles. The Labute approximate surface area is 196 Å². The molecule has 0 fully saturated rings. The predicted molar refractivity (Wildman–Crippen MR) is 123 cm³/mol. The number of carbonyl (C=O) groups is 1. The van der Waals surface area contributed by atoms with Gasteiger partial charge in [0.25, 0.3) is 0 Å². The molecule has 0 atom stereocenters. The molecule has 3 aromatic carbocycles. The Bertz CT molecular complexity index is 1430. The molecule has 4 rings (SSSR count). The highest BCUT2D eigenvalue weighted by molar-refractivity contribution is 7.85. The summed E-state index contributed by atoms with van der Waals surface area (Å²) in [5.74, 6) is 0.580. The molecule has 0 aliphatic carbocycles. The summed E-state index contributed by atoms with van der Waals surface area (Å²) in [4.78, 5) is 18.3. The number of aromatic nitrogens is 2. The summed E-state index contributed by atoms with van der Waals surface area (Å²) in [5.41, 5.74) is 1.98. The van der Waals surface area contributed by atoms with E-state index in [9.17, 15) is 22.9 Å². The third-order valence-corrected chi connectivity index (χ3v) is 5.47. The molecule has 34 heavy (non-hydrogen) atoms. The number of hydrogen-bond donors (Lipinski definition) is 1. The predicted octanol–water partition coefficient (Wildman–Crippen LogP) is 2.70. The van der Waals surface area contributed by atoms with Crippen LogP contribution in [0.2, 0.25) is 0 Å². The molecule has 1 N–H and O–H groups in total. The number of carboxylic acids is 1. The van der Waals surface area contributed by atoms with Gasteiger partial charge in [0.15, 0.2) is 11.5 Å². The van der Waals surface area contributed by atoms with Crippen molar-refractivity contribution in [2.45, 2.75) is 4.90 Å². The highest BCUT2D eigenvalue weighted by atomic mass is 32.2. The van der Waals surface area contributed by atoms with Crippen molar-refractivity contribution < 1.29 is 32.3 Å². The molecule has 0 bridgehead atoms. The number of nitrogens with zero attached hydrogens (tertiary/aromatic N) is 1. The number of ether oxygens (including phenoxy) is 2. The van der Waals surface area contributed by atoms with E-state index in [1.54, 1.807) is 38.5 Å². The number of carbonyl (C=O) groups excluding carboxylic acids is 1. The Morgan fingerprint density at radius 1 is 0.941 bits per heavy atom. The molecular weight excluding hydrogens is 460 g/mol. The fourth-order valence-electron chi connectivity index (χ4n) is 3.01. The summed E-state index contributed by atoms with van der Waals surface area (Å²) in [5, 5.41) is 11.1. The zero-order valence-electron chi connectivity index (χ0n) is 18.2. The van der Waals surface area contributed by atoms with E-state index in [1.165, 1.54) is 30.3 Å². The molecule has 0 unspecified atom stereocenters. The second-order valence-electron chi connectivity index (χ2n) is 6.83. The van der Waals surface area contributed by atoms with Crippen LogP contribution in [0.3, 0.4) is 0 Å². The Morgan fingerprint density at radius 2 is 1.65 bits per heavy atom. The van der Waals surface area contributed by atoms with E-state index >= 15 is 0 Å². The van der Waals surface area contributed by atoms with Gasteiger partial charge in [-0.3, -0.25) is 0 Å². The second-order valence-corrected chi connectivity index (χ2v) is 8.21. The lowest BCUT2D eigenvalue weighted by atomic mass is 10.2. The van der Waals surface area contributed by atoms with Gasteiger partial charge in [-0.05, 0) is 42.0 Å². The molecule has 4 aromatic rings. The number of aromatic amines is 1. The molecule has 1 heterocycles. The van der Waals surface area contributed by atoms with E-state index in [4.69, 9.17) is 9.47 Å². The van der Waals surface area contributed by atoms with E-state index in [0.29, 0.717) is 28.4 Å². The molecule has 10 heteroatoms. The number of fused-ring (bicyclic) bond motifs is 1. The highest BCUT2D eigenvalue weighted by Gasteiger charge is 2.07. The van der Waals surface area contributed by atoms with Gasteiger partial charge >= 0.3 is 0 Å². The van der Waals surface area contributed by atoms with Crippen LogP contribution in [0, 0.1) is 0 Å². The first-order valence-electron chi connectivity index (χ1n) is 9.84. The largest absolute Gasteiger partial charge is 0.744 e. The lowest BCUT2D eigenvalue weighted by molar-refractivity contribution is -0.254. The summed E-state index contributed by atoms with van der Waals surface area (Å²) < 4.78 is 41.3. The Balaban J connectivity index is 0.000000271. The Morgan fingerprint density at radius 3 is 2.24 bits per heavy atom. The van der Waals surface area contributed by atoms with Gasteiger partial charge in [0, 0.05) is 5.56 Å². The number of carboxylic acid groups (broad SMARTS) is 1. The minimum Gasteiger partial charge on any atom is -0.744 e. The van der Waals surface area contributed by atoms with Crippen LogP contribution in [0.4, 0.5) is 0 Å². The third-order valence-electron chi connectivity index (χ3n) is 4.62. The summed E-state index contributed by atoms with van der Waals surface area (Å²) in [6.07, 6.45) is 3.61. The maximum absolute atomic E-state index is 11.1. The zero-order chi connectivity index (χ0) is 24.7. The number of hydrogen-bond acceptors (Lipinski definition) is 8. The van der Waals surface area contributed by atoms with Gasteiger partial charge in [0.2, 0.25) is 0 Å². The molecule has 0 aliphatic rings. The van der Waals surface area contributed by atoms with Gasteiger partial charge in [-0.1, -0.05) is 42.5 Å². The molecule has 176 valence electrons. The summed E-state index contributed by atoms with van der Waals surface area (Å²) in [7, 11) is -1.10. The average molecular weight is 480 g/mol. The van der Waals surface area contributed by atoms with Crippen molar-refractivity contribution >= 4 is 39.3 Å². The number of nitrogens with one attached hydrogen (secondary N) is 1. The first-order chi connectivity index (χ1) is 16.2. The molecule has 0 spiro atoms. The molecule has 1 aromatic heterocycles. The quantitative estimate of drug-likeness (QED) is 0.415. The lowest BCUT2D eigenvalue weighted by Crippen LogP contribution is -2.22. The van der Waals surface area contributed by atoms with Crippen molar-refractivity contribution in [2.75, 3.05) is 14.2 Å². The zero-order valence-corrected chi connectivity index (χ0v) is 19.0. The van der Waals surface area contributed by atoms with Gasteiger partial charge in [-0.25, -0.2) is 13.4 Å². The topological polar surface area (TPSA) is 144 Å². The number of H-pyrrole nitrogens is 1. The fourth-order valence-corrected chi connectivity index (χ4v) is 3.50. The van der Waals surface area contributed by atoms with Crippen molar-refractivity contribution in [3.05, 3.63) is 83.7 Å². The number of rotatable bonds is 6. The smallest absolute Gasteiger partial charge is 0.161 e. The molecule has 0 saturated heterocycles. The average Bonchev–Trinajstić information content (AvgIpc) is 3.26. The Kier molecular flexibility index (Phi) is 7.67. The minimum absolute atomic E-state index is 0.0644. The molecule has 0 amide bonds. The second kappa shape index (κ2) is 10.6. The van der Waals surface area contributed by atoms with Crippen molar-refractivity contribution in [1.82, 2.24) is 9.97 Å². The van der Waals surface area contributed by atoms with Gasteiger partial charge in [-0.15, -0.1) is 0 Å². The lowest BCUT2D eigenvalue weighted by Gasteiger charge is -2.07. The van der Waals surface area contributed by atoms with E-state index in [2.05, 4.69) is 9.97 Å². The molecular formula is C24H20N2O7S-2. The van der Waals surface area contributed by atoms with Crippen LogP contribution in [-0.2, 0) is 10.1 Å². The van der Waals surface area contributed by atoms with Crippen molar-refractivity contribution in [2.24, 2.45) is 0 Å². The normalized spacial score (nSPS) is 11.1. The van der Waals surface area contributed by atoms with E-state index < -0.39 is 16.1 Å². The number of benzene rings is 3. The fraction of sp³-hybridized carbons (Fsp3) is 0.0833. The van der Waals surface area contributed by atoms with Crippen LogP contribution in [0.1, 0.15) is 21.7 Å². The first kappa shape index (κ1) is 24.5. The number of methoxy groups -OCH3 is 2. The van der Waals surface area contributed by atoms with Gasteiger partial charge in [-0.2, -0.15) is 0 Å². The van der Waals surface area contributed by atoms with Crippen LogP contribution in [-0.4, -0.2) is 43.1 Å². The highest BCUT2D eigenvalue weighted by Crippen LogP contribution is 2.28. The molecule has 0 aliphatic heterocycles. The van der Waals surface area contributed by atoms with Crippen LogP contribution in [0.25, 0.3) is 23.2 Å². The standard InChI is InChI=1S/C18H16N2O4.C6H6O3S/c1-23-14-8-6-11(10-15(14)24-2)7-9-16-19-13-5-3-4-12(18(21)22)17(13)20-16;7-10(8,9)6-4-2-1-3-5-6/h3-10H,1-2H3,(H,19,20)(H,21,22);1-5H,(H,7,8,9)/p-2/b9-7+;. The molecule has 0 radical (unpaired) electrons. The SMILES string of the molecule is COc1ccc(/C=C/c2nc3c(C(=O)[O-])cccc3[nH]2)cc1OC.O=S(=O)([O-])c1ccccc1. The van der Waals surface area contributed by atoms with Crippen molar-refractivity contribution in [3.8, 4) is 11.5 Å². The monoisotopic (exact) mass is 480 g/mol. The number of para-hydroxylation sites is 1. The van der Waals surface area contributed by atoms with Crippen LogP contribution in [0.15, 0.2) is 71.6 Å². The third kappa shape index (κ3) is 6.00. The van der Waals surface area contributed by atoms with Crippen LogP contribution < -0.4 is 14.6 Å². The van der Waals surface area contributed by atoms with Crippen molar-refractivity contribution in [1.29, 1.82) is 0 Å². The van der Waals surface area contributed by atoms with Gasteiger partial charge in [0.1, 0.15) is 15.9 Å². The Hall–Kier alpha value is -4.15. The van der Waals surface area contributed by atoms with E-state index in [-0.39, 0.29) is 10.5 Å². The minimum atomic E-state index is -4.25. The van der Waals surface area contributed by atoms with E-state index in [1.807, 2.05) is 24.3 Å². The summed E-state index contributed by atoms with van der Waals surface area (Å²) in [6.45, 7) is 0. The van der Waals surface area contributed by atoms with E-state index in [0.717, 1.165) is 5.56 Å².